The summed E-state index contributed by atoms with van der Waals surface area (Å²) in [5.41, 5.74) is 0.784. The summed E-state index contributed by atoms with van der Waals surface area (Å²) in [6.07, 6.45) is -2.17. The van der Waals surface area contributed by atoms with Gasteiger partial charge in [0.05, 0.1) is 6.54 Å². The quantitative estimate of drug-likeness (QED) is 0.657. The number of aliphatic hydroxyl groups excluding tert-OH is 1. The van der Waals surface area contributed by atoms with E-state index in [9.17, 15) is 19.1 Å². The number of amides is 1. The maximum absolute atomic E-state index is 13.6. The summed E-state index contributed by atoms with van der Waals surface area (Å²) in [6.45, 7) is 1.40. The summed E-state index contributed by atoms with van der Waals surface area (Å²) in [6, 6.07) is 14.8. The first-order chi connectivity index (χ1) is 13.0. The number of aliphatic hydroxyl groups is 1. The van der Waals surface area contributed by atoms with E-state index < -0.39 is 29.9 Å². The fourth-order valence-electron chi connectivity index (χ4n) is 2.24. The van der Waals surface area contributed by atoms with Crippen LogP contribution in [0, 0.1) is 5.82 Å². The lowest BCUT2D eigenvalue weighted by atomic mass is 10.2. The highest BCUT2D eigenvalue weighted by atomic mass is 19.1. The van der Waals surface area contributed by atoms with Gasteiger partial charge in [-0.25, -0.2) is 9.18 Å². The number of hydrogen-bond donors (Lipinski definition) is 2. The van der Waals surface area contributed by atoms with Crippen molar-refractivity contribution in [2.75, 3.05) is 6.54 Å². The third-order valence-electron chi connectivity index (χ3n) is 3.73. The SMILES string of the molecule is CC[C@H](Oc1ccccc1F)C(=O)NC[C@H](O)C(=O)OCc1ccccc1. The zero-order chi connectivity index (χ0) is 19.6. The molecule has 144 valence electrons. The van der Waals surface area contributed by atoms with Gasteiger partial charge in [0, 0.05) is 0 Å². The second-order valence-corrected chi connectivity index (χ2v) is 5.80. The van der Waals surface area contributed by atoms with E-state index in [0.717, 1.165) is 5.56 Å². The van der Waals surface area contributed by atoms with E-state index in [0.29, 0.717) is 0 Å². The molecule has 7 heteroatoms. The summed E-state index contributed by atoms with van der Waals surface area (Å²) in [5.74, 6) is -2.02. The number of halogens is 1. The predicted molar refractivity (Wildman–Crippen MR) is 96.4 cm³/mol. The number of carbonyl (C=O) groups is 2. The van der Waals surface area contributed by atoms with Crippen LogP contribution in [-0.4, -0.2) is 35.7 Å². The molecule has 2 atom stereocenters. The Hall–Kier alpha value is -2.93. The smallest absolute Gasteiger partial charge is 0.337 e. The number of benzene rings is 2. The molecule has 0 aromatic heterocycles. The lowest BCUT2D eigenvalue weighted by molar-refractivity contribution is -0.154. The van der Waals surface area contributed by atoms with Crippen molar-refractivity contribution in [3.8, 4) is 5.75 Å². The molecule has 0 heterocycles. The largest absolute Gasteiger partial charge is 0.478 e. The summed E-state index contributed by atoms with van der Waals surface area (Å²) < 4.78 is 24.0. The van der Waals surface area contributed by atoms with Gasteiger partial charge < -0.3 is 19.9 Å². The third kappa shape index (κ3) is 6.38. The highest BCUT2D eigenvalue weighted by Gasteiger charge is 2.23. The zero-order valence-corrected chi connectivity index (χ0v) is 14.9. The lowest BCUT2D eigenvalue weighted by Gasteiger charge is -2.18. The van der Waals surface area contributed by atoms with Gasteiger partial charge in [0.1, 0.15) is 6.61 Å². The van der Waals surface area contributed by atoms with Crippen molar-refractivity contribution in [1.82, 2.24) is 5.32 Å². The Morgan fingerprint density at radius 1 is 1.11 bits per heavy atom. The summed E-state index contributed by atoms with van der Waals surface area (Å²) in [5, 5.41) is 12.3. The van der Waals surface area contributed by atoms with Crippen molar-refractivity contribution in [2.24, 2.45) is 0 Å². The van der Waals surface area contributed by atoms with Crippen LogP contribution in [-0.2, 0) is 20.9 Å². The zero-order valence-electron chi connectivity index (χ0n) is 14.9. The minimum atomic E-state index is -1.51. The number of para-hydroxylation sites is 1. The van der Waals surface area contributed by atoms with E-state index >= 15 is 0 Å². The molecule has 6 nitrogen and oxygen atoms in total. The van der Waals surface area contributed by atoms with E-state index in [2.05, 4.69) is 5.32 Å². The molecule has 0 aliphatic heterocycles. The van der Waals surface area contributed by atoms with Crippen molar-refractivity contribution in [3.63, 3.8) is 0 Å². The van der Waals surface area contributed by atoms with Crippen LogP contribution < -0.4 is 10.1 Å². The van der Waals surface area contributed by atoms with E-state index in [-0.39, 0.29) is 25.3 Å². The number of ether oxygens (including phenoxy) is 2. The molecule has 0 aliphatic rings. The first kappa shape index (κ1) is 20.4. The van der Waals surface area contributed by atoms with Gasteiger partial charge >= 0.3 is 5.97 Å². The van der Waals surface area contributed by atoms with Gasteiger partial charge in [-0.3, -0.25) is 4.79 Å². The Kier molecular flexibility index (Phi) is 7.76. The minimum absolute atomic E-state index is 0.0264. The average molecular weight is 375 g/mol. The maximum Gasteiger partial charge on any atom is 0.337 e. The van der Waals surface area contributed by atoms with Crippen molar-refractivity contribution >= 4 is 11.9 Å². The van der Waals surface area contributed by atoms with Crippen molar-refractivity contribution in [1.29, 1.82) is 0 Å². The van der Waals surface area contributed by atoms with Gasteiger partial charge in [0.2, 0.25) is 0 Å². The molecule has 0 aliphatic carbocycles. The van der Waals surface area contributed by atoms with Crippen molar-refractivity contribution in [3.05, 3.63) is 66.0 Å². The first-order valence-electron chi connectivity index (χ1n) is 8.58. The second kappa shape index (κ2) is 10.3. The van der Waals surface area contributed by atoms with E-state index in [1.165, 1.54) is 18.2 Å². The molecular formula is C20H22FNO5. The average Bonchev–Trinajstić information content (AvgIpc) is 2.70. The fraction of sp³-hybridized carbons (Fsp3) is 0.300. The molecule has 27 heavy (non-hydrogen) atoms. The van der Waals surface area contributed by atoms with Crippen LogP contribution in [0.1, 0.15) is 18.9 Å². The van der Waals surface area contributed by atoms with Gasteiger partial charge in [0.15, 0.2) is 23.8 Å². The second-order valence-electron chi connectivity index (χ2n) is 5.80. The van der Waals surface area contributed by atoms with Gasteiger partial charge in [-0.2, -0.15) is 0 Å². The number of esters is 1. The van der Waals surface area contributed by atoms with Gasteiger partial charge in [-0.15, -0.1) is 0 Å². The topological polar surface area (TPSA) is 84.9 Å². The van der Waals surface area contributed by atoms with E-state index in [1.54, 1.807) is 37.3 Å². The molecule has 2 rings (SSSR count). The van der Waals surface area contributed by atoms with Crippen LogP contribution >= 0.6 is 0 Å². The standard InChI is InChI=1S/C20H22FNO5/c1-2-17(27-18-11-7-6-10-15(18)21)19(24)22-12-16(23)20(25)26-13-14-8-4-3-5-9-14/h3-11,16-17,23H,2,12-13H2,1H3,(H,22,24)/t16-,17-/m0/s1. The molecule has 0 spiro atoms. The molecule has 2 aromatic carbocycles. The number of rotatable bonds is 9. The third-order valence-corrected chi connectivity index (χ3v) is 3.73. The van der Waals surface area contributed by atoms with E-state index in [1.807, 2.05) is 6.07 Å². The molecule has 0 bridgehead atoms. The number of carbonyl (C=O) groups excluding carboxylic acids is 2. The molecular weight excluding hydrogens is 353 g/mol. The highest BCUT2D eigenvalue weighted by Crippen LogP contribution is 2.18. The van der Waals surface area contributed by atoms with Crippen LogP contribution in [0.4, 0.5) is 4.39 Å². The normalized spacial score (nSPS) is 12.7. The molecule has 0 fully saturated rings. The fourth-order valence-corrected chi connectivity index (χ4v) is 2.24. The summed E-state index contributed by atoms with van der Waals surface area (Å²) in [4.78, 5) is 24.0. The maximum atomic E-state index is 13.6. The van der Waals surface area contributed by atoms with Gasteiger partial charge in [-0.1, -0.05) is 49.4 Å². The minimum Gasteiger partial charge on any atom is -0.478 e. The Labute approximate surface area is 156 Å². The molecule has 0 radical (unpaired) electrons. The Morgan fingerprint density at radius 2 is 1.78 bits per heavy atom. The number of hydrogen-bond acceptors (Lipinski definition) is 5. The monoisotopic (exact) mass is 375 g/mol. The summed E-state index contributed by atoms with van der Waals surface area (Å²) in [7, 11) is 0. The summed E-state index contributed by atoms with van der Waals surface area (Å²) >= 11 is 0. The molecule has 1 amide bonds. The van der Waals surface area contributed by atoms with Crippen LogP contribution in [0.25, 0.3) is 0 Å². The highest BCUT2D eigenvalue weighted by molar-refractivity contribution is 5.82. The van der Waals surface area contributed by atoms with Gasteiger partial charge in [0.25, 0.3) is 5.91 Å². The molecule has 0 saturated heterocycles. The Balaban J connectivity index is 1.80. The van der Waals surface area contributed by atoms with Crippen LogP contribution in [0.15, 0.2) is 54.6 Å². The molecule has 2 N–H and O–H groups in total. The molecule has 2 aromatic rings. The first-order valence-corrected chi connectivity index (χ1v) is 8.58. The Morgan fingerprint density at radius 3 is 2.44 bits per heavy atom. The van der Waals surface area contributed by atoms with Crippen molar-refractivity contribution in [2.45, 2.75) is 32.2 Å². The Bertz CT molecular complexity index is 753. The van der Waals surface area contributed by atoms with Crippen LogP contribution in [0.3, 0.4) is 0 Å². The van der Waals surface area contributed by atoms with Crippen molar-refractivity contribution < 1.29 is 28.6 Å². The predicted octanol–water partition coefficient (Wildman–Crippen LogP) is 2.20. The van der Waals surface area contributed by atoms with Crippen LogP contribution in [0.5, 0.6) is 5.75 Å². The van der Waals surface area contributed by atoms with Crippen LogP contribution in [0.2, 0.25) is 0 Å². The van der Waals surface area contributed by atoms with Gasteiger partial charge in [-0.05, 0) is 24.1 Å². The molecule has 0 unspecified atom stereocenters. The lowest BCUT2D eigenvalue weighted by Crippen LogP contribution is -2.43. The number of nitrogens with one attached hydrogen (secondary N) is 1. The molecule has 0 saturated carbocycles. The van der Waals surface area contributed by atoms with E-state index in [4.69, 9.17) is 9.47 Å².